The summed E-state index contributed by atoms with van der Waals surface area (Å²) >= 11 is 1.41. The molecule has 1 aliphatic rings. The Hall–Kier alpha value is -1.69. The van der Waals surface area contributed by atoms with Crippen LogP contribution in [0.25, 0.3) is 10.2 Å². The first-order valence-electron chi connectivity index (χ1n) is 8.21. The zero-order valence-corrected chi connectivity index (χ0v) is 15.0. The van der Waals surface area contributed by atoms with Gasteiger partial charge in [0.05, 0.1) is 12.0 Å². The smallest absolute Gasteiger partial charge is 0.348 e. The molecule has 2 aromatic heterocycles. The molecule has 0 N–H and O–H groups in total. The minimum Gasteiger partial charge on any atom is -0.462 e. The van der Waals surface area contributed by atoms with Gasteiger partial charge >= 0.3 is 5.97 Å². The van der Waals surface area contributed by atoms with Gasteiger partial charge in [-0.1, -0.05) is 6.92 Å². The Balaban J connectivity index is 2.12. The van der Waals surface area contributed by atoms with E-state index in [1.54, 1.807) is 0 Å². The molecule has 0 amide bonds. The maximum absolute atomic E-state index is 12.2. The number of hydrogen-bond acceptors (Lipinski definition) is 6. The lowest BCUT2D eigenvalue weighted by molar-refractivity contribution is 0.0531. The Morgan fingerprint density at radius 2 is 2.17 bits per heavy atom. The third-order valence-corrected chi connectivity index (χ3v) is 5.47. The van der Waals surface area contributed by atoms with E-state index in [9.17, 15) is 4.79 Å². The van der Waals surface area contributed by atoms with Gasteiger partial charge in [0.2, 0.25) is 0 Å². The Morgan fingerprint density at radius 1 is 1.39 bits per heavy atom. The fraction of sp³-hybridized carbons (Fsp3) is 0.588. The molecule has 1 unspecified atom stereocenters. The molecule has 0 aromatic carbocycles. The summed E-state index contributed by atoms with van der Waals surface area (Å²) in [4.78, 5) is 25.3. The van der Waals surface area contributed by atoms with Crippen molar-refractivity contribution in [3.8, 4) is 0 Å². The first kappa shape index (κ1) is 16.2. The van der Waals surface area contributed by atoms with Crippen molar-refractivity contribution in [1.29, 1.82) is 0 Å². The average Bonchev–Trinajstić information content (AvgIpc) is 2.83. The highest BCUT2D eigenvalue weighted by Gasteiger charge is 2.25. The highest BCUT2D eigenvalue weighted by molar-refractivity contribution is 7.20. The van der Waals surface area contributed by atoms with Crippen LogP contribution in [0.1, 0.15) is 47.7 Å². The molecular formula is C17H23N3O2S. The van der Waals surface area contributed by atoms with Crippen LogP contribution in [0.4, 0.5) is 5.82 Å². The summed E-state index contributed by atoms with van der Waals surface area (Å²) < 4.78 is 5.18. The minimum absolute atomic E-state index is 0.261. The maximum Gasteiger partial charge on any atom is 0.348 e. The van der Waals surface area contributed by atoms with E-state index in [2.05, 4.69) is 16.8 Å². The van der Waals surface area contributed by atoms with Gasteiger partial charge in [-0.15, -0.1) is 11.3 Å². The maximum atomic E-state index is 12.2. The Bertz CT molecular complexity index is 741. The molecule has 1 aliphatic heterocycles. The molecule has 0 saturated carbocycles. The lowest BCUT2D eigenvalue weighted by atomic mass is 10.00. The molecule has 0 aliphatic carbocycles. The van der Waals surface area contributed by atoms with Gasteiger partial charge in [-0.3, -0.25) is 0 Å². The van der Waals surface area contributed by atoms with Crippen LogP contribution < -0.4 is 4.90 Å². The molecule has 0 radical (unpaired) electrons. The fourth-order valence-electron chi connectivity index (χ4n) is 3.22. The second-order valence-corrected chi connectivity index (χ2v) is 7.24. The van der Waals surface area contributed by atoms with Crippen LogP contribution in [0.15, 0.2) is 0 Å². The summed E-state index contributed by atoms with van der Waals surface area (Å²) in [6.07, 6.45) is 2.44. The predicted molar refractivity (Wildman–Crippen MR) is 93.5 cm³/mol. The number of piperidine rings is 1. The zero-order valence-electron chi connectivity index (χ0n) is 14.2. The molecular weight excluding hydrogens is 310 g/mol. The van der Waals surface area contributed by atoms with Crippen molar-refractivity contribution >= 4 is 33.3 Å². The zero-order chi connectivity index (χ0) is 16.6. The van der Waals surface area contributed by atoms with E-state index in [4.69, 9.17) is 9.72 Å². The van der Waals surface area contributed by atoms with Crippen molar-refractivity contribution in [3.05, 3.63) is 16.3 Å². The Labute approximate surface area is 140 Å². The second kappa shape index (κ2) is 6.43. The first-order chi connectivity index (χ1) is 11.0. The largest absolute Gasteiger partial charge is 0.462 e. The SMILES string of the molecule is CCOC(=O)c1sc2nc(C)nc(N3CCCC(C)C3)c2c1C. The van der Waals surface area contributed by atoms with Gasteiger partial charge in [-0.2, -0.15) is 0 Å². The van der Waals surface area contributed by atoms with Crippen molar-refractivity contribution < 1.29 is 9.53 Å². The molecule has 1 saturated heterocycles. The van der Waals surface area contributed by atoms with Gasteiger partial charge < -0.3 is 9.64 Å². The van der Waals surface area contributed by atoms with E-state index in [1.165, 1.54) is 24.2 Å². The van der Waals surface area contributed by atoms with Crippen LogP contribution in [-0.4, -0.2) is 35.6 Å². The molecule has 23 heavy (non-hydrogen) atoms. The molecule has 6 heteroatoms. The standard InChI is InChI=1S/C17H23N3O2S/c1-5-22-17(21)14-11(3)13-15(18-12(4)19-16(13)23-14)20-8-6-7-10(2)9-20/h10H,5-9H2,1-4H3. The number of carbonyl (C=O) groups excluding carboxylic acids is 1. The summed E-state index contributed by atoms with van der Waals surface area (Å²) in [5.74, 6) is 2.13. The van der Waals surface area contributed by atoms with E-state index in [0.29, 0.717) is 17.4 Å². The van der Waals surface area contributed by atoms with Crippen LogP contribution in [-0.2, 0) is 4.74 Å². The number of anilines is 1. The second-order valence-electron chi connectivity index (χ2n) is 6.24. The molecule has 3 rings (SSSR count). The number of carbonyl (C=O) groups is 1. The first-order valence-corrected chi connectivity index (χ1v) is 9.02. The summed E-state index contributed by atoms with van der Waals surface area (Å²) in [5.41, 5.74) is 0.941. The summed E-state index contributed by atoms with van der Waals surface area (Å²) in [5, 5.41) is 1.01. The number of hydrogen-bond donors (Lipinski definition) is 0. The van der Waals surface area contributed by atoms with Crippen molar-refractivity contribution in [3.63, 3.8) is 0 Å². The molecule has 5 nitrogen and oxygen atoms in total. The highest BCUT2D eigenvalue weighted by atomic mass is 32.1. The van der Waals surface area contributed by atoms with E-state index in [1.807, 2.05) is 20.8 Å². The average molecular weight is 333 g/mol. The van der Waals surface area contributed by atoms with Crippen LogP contribution in [0.3, 0.4) is 0 Å². The van der Waals surface area contributed by atoms with Crippen molar-refractivity contribution in [2.75, 3.05) is 24.6 Å². The topological polar surface area (TPSA) is 55.3 Å². The van der Waals surface area contributed by atoms with Crippen molar-refractivity contribution in [1.82, 2.24) is 9.97 Å². The number of nitrogens with zero attached hydrogens (tertiary/aromatic N) is 3. The number of ether oxygens (including phenoxy) is 1. The van der Waals surface area contributed by atoms with Crippen LogP contribution in [0, 0.1) is 19.8 Å². The lowest BCUT2D eigenvalue weighted by Crippen LogP contribution is -2.35. The van der Waals surface area contributed by atoms with E-state index in [0.717, 1.165) is 40.5 Å². The molecule has 3 heterocycles. The lowest BCUT2D eigenvalue weighted by Gasteiger charge is -2.32. The molecule has 1 atom stereocenters. The van der Waals surface area contributed by atoms with Gasteiger partial charge in [0.15, 0.2) is 0 Å². The monoisotopic (exact) mass is 333 g/mol. The molecule has 2 aromatic rings. The number of thiophene rings is 1. The van der Waals surface area contributed by atoms with Gasteiger partial charge in [0.1, 0.15) is 21.3 Å². The number of fused-ring (bicyclic) bond motifs is 1. The predicted octanol–water partition coefficient (Wildman–Crippen LogP) is 3.72. The van der Waals surface area contributed by atoms with Crippen LogP contribution in [0.5, 0.6) is 0 Å². The number of aryl methyl sites for hydroxylation is 2. The van der Waals surface area contributed by atoms with Crippen LogP contribution in [0.2, 0.25) is 0 Å². The van der Waals surface area contributed by atoms with Crippen LogP contribution >= 0.6 is 11.3 Å². The van der Waals surface area contributed by atoms with E-state index >= 15 is 0 Å². The van der Waals surface area contributed by atoms with Gasteiger partial charge in [-0.05, 0) is 45.1 Å². The van der Waals surface area contributed by atoms with E-state index < -0.39 is 0 Å². The Morgan fingerprint density at radius 3 is 2.87 bits per heavy atom. The quantitative estimate of drug-likeness (QED) is 0.801. The fourth-order valence-corrected chi connectivity index (χ4v) is 4.34. The third-order valence-electron chi connectivity index (χ3n) is 4.30. The van der Waals surface area contributed by atoms with Crippen molar-refractivity contribution in [2.24, 2.45) is 5.92 Å². The molecule has 0 bridgehead atoms. The van der Waals surface area contributed by atoms with Crippen molar-refractivity contribution in [2.45, 2.75) is 40.5 Å². The minimum atomic E-state index is -0.261. The summed E-state index contributed by atoms with van der Waals surface area (Å²) in [6, 6.07) is 0. The van der Waals surface area contributed by atoms with Gasteiger partial charge in [0.25, 0.3) is 0 Å². The van der Waals surface area contributed by atoms with E-state index in [-0.39, 0.29) is 5.97 Å². The normalized spacial score (nSPS) is 18.4. The van der Waals surface area contributed by atoms with Gasteiger partial charge in [0, 0.05) is 13.1 Å². The molecule has 124 valence electrons. The summed E-state index contributed by atoms with van der Waals surface area (Å²) in [6.45, 7) is 10.4. The highest BCUT2D eigenvalue weighted by Crippen LogP contribution is 2.37. The Kier molecular flexibility index (Phi) is 4.53. The summed E-state index contributed by atoms with van der Waals surface area (Å²) in [7, 11) is 0. The number of rotatable bonds is 3. The number of esters is 1. The molecule has 1 fully saturated rings. The molecule has 0 spiro atoms. The van der Waals surface area contributed by atoms with Gasteiger partial charge in [-0.25, -0.2) is 14.8 Å². The number of aromatic nitrogens is 2. The third kappa shape index (κ3) is 3.04.